The Bertz CT molecular complexity index is 355. The van der Waals surface area contributed by atoms with E-state index in [4.69, 9.17) is 14.2 Å². The van der Waals surface area contributed by atoms with Crippen LogP contribution in [0.4, 0.5) is 0 Å². The SMILES string of the molecule is CNC(COCCOC)c1cc(C)ccc1OC. The molecule has 1 rings (SSSR count). The summed E-state index contributed by atoms with van der Waals surface area (Å²) in [7, 11) is 5.28. The Morgan fingerprint density at radius 2 is 2.00 bits per heavy atom. The van der Waals surface area contributed by atoms with E-state index >= 15 is 0 Å². The molecule has 0 saturated heterocycles. The average Bonchev–Trinajstić information content (AvgIpc) is 2.39. The van der Waals surface area contributed by atoms with E-state index in [0.717, 1.165) is 11.3 Å². The Hall–Kier alpha value is -1.10. The lowest BCUT2D eigenvalue weighted by atomic mass is 10.0. The van der Waals surface area contributed by atoms with Crippen molar-refractivity contribution in [2.24, 2.45) is 0 Å². The third-order valence-corrected chi connectivity index (χ3v) is 2.83. The molecule has 0 spiro atoms. The van der Waals surface area contributed by atoms with E-state index in [1.165, 1.54) is 5.56 Å². The number of ether oxygens (including phenoxy) is 3. The van der Waals surface area contributed by atoms with E-state index in [2.05, 4.69) is 18.3 Å². The summed E-state index contributed by atoms with van der Waals surface area (Å²) in [6.45, 7) is 3.88. The molecule has 0 radical (unpaired) electrons. The molecular weight excluding hydrogens is 230 g/mol. The predicted octanol–water partition coefficient (Wildman–Crippen LogP) is 1.93. The second-order valence-corrected chi connectivity index (χ2v) is 4.15. The average molecular weight is 253 g/mol. The zero-order chi connectivity index (χ0) is 13.4. The smallest absolute Gasteiger partial charge is 0.123 e. The summed E-state index contributed by atoms with van der Waals surface area (Å²) >= 11 is 0. The molecule has 0 aliphatic heterocycles. The zero-order valence-electron chi connectivity index (χ0n) is 11.7. The first-order chi connectivity index (χ1) is 8.72. The van der Waals surface area contributed by atoms with Gasteiger partial charge in [0.05, 0.1) is 33.0 Å². The van der Waals surface area contributed by atoms with E-state index in [1.807, 2.05) is 19.2 Å². The molecule has 4 nitrogen and oxygen atoms in total. The monoisotopic (exact) mass is 253 g/mol. The molecule has 0 bridgehead atoms. The summed E-state index contributed by atoms with van der Waals surface area (Å²) in [5.74, 6) is 0.885. The minimum absolute atomic E-state index is 0.122. The molecule has 0 aliphatic carbocycles. The topological polar surface area (TPSA) is 39.7 Å². The van der Waals surface area contributed by atoms with Crippen molar-refractivity contribution in [3.8, 4) is 5.75 Å². The molecule has 102 valence electrons. The third kappa shape index (κ3) is 4.29. The van der Waals surface area contributed by atoms with Crippen LogP contribution in [-0.2, 0) is 9.47 Å². The maximum Gasteiger partial charge on any atom is 0.123 e. The van der Waals surface area contributed by atoms with Crippen molar-refractivity contribution in [1.82, 2.24) is 5.32 Å². The lowest BCUT2D eigenvalue weighted by Crippen LogP contribution is -2.23. The van der Waals surface area contributed by atoms with Crippen LogP contribution in [0.25, 0.3) is 0 Å². The van der Waals surface area contributed by atoms with Crippen LogP contribution in [0.3, 0.4) is 0 Å². The highest BCUT2D eigenvalue weighted by atomic mass is 16.5. The molecule has 18 heavy (non-hydrogen) atoms. The molecule has 1 aromatic carbocycles. The molecule has 1 unspecified atom stereocenters. The molecule has 0 amide bonds. The van der Waals surface area contributed by atoms with Crippen molar-refractivity contribution in [2.45, 2.75) is 13.0 Å². The van der Waals surface area contributed by atoms with Gasteiger partial charge in [-0.2, -0.15) is 0 Å². The molecule has 0 saturated carbocycles. The van der Waals surface area contributed by atoms with Gasteiger partial charge in [-0.1, -0.05) is 17.7 Å². The Balaban J connectivity index is 2.71. The molecule has 1 atom stereocenters. The first kappa shape index (κ1) is 15.0. The van der Waals surface area contributed by atoms with E-state index in [1.54, 1.807) is 14.2 Å². The van der Waals surface area contributed by atoms with Gasteiger partial charge in [0.2, 0.25) is 0 Å². The number of likely N-dealkylation sites (N-methyl/N-ethyl adjacent to an activating group) is 1. The van der Waals surface area contributed by atoms with Gasteiger partial charge in [0.15, 0.2) is 0 Å². The number of nitrogens with one attached hydrogen (secondary N) is 1. The van der Waals surface area contributed by atoms with E-state index in [0.29, 0.717) is 19.8 Å². The van der Waals surface area contributed by atoms with Crippen LogP contribution in [0.5, 0.6) is 5.75 Å². The minimum atomic E-state index is 0.122. The first-order valence-electron chi connectivity index (χ1n) is 6.11. The van der Waals surface area contributed by atoms with Gasteiger partial charge in [-0.15, -0.1) is 0 Å². The minimum Gasteiger partial charge on any atom is -0.496 e. The lowest BCUT2D eigenvalue weighted by Gasteiger charge is -2.20. The summed E-state index contributed by atoms with van der Waals surface area (Å²) in [6, 6.07) is 6.28. The van der Waals surface area contributed by atoms with Crippen molar-refractivity contribution >= 4 is 0 Å². The van der Waals surface area contributed by atoms with Crippen molar-refractivity contribution in [2.75, 3.05) is 41.1 Å². The van der Waals surface area contributed by atoms with Gasteiger partial charge < -0.3 is 19.5 Å². The number of rotatable bonds is 8. The lowest BCUT2D eigenvalue weighted by molar-refractivity contribution is 0.0593. The maximum atomic E-state index is 5.58. The second-order valence-electron chi connectivity index (χ2n) is 4.15. The van der Waals surface area contributed by atoms with Crippen molar-refractivity contribution in [1.29, 1.82) is 0 Å². The molecular formula is C14H23NO3. The van der Waals surface area contributed by atoms with E-state index < -0.39 is 0 Å². The van der Waals surface area contributed by atoms with Crippen molar-refractivity contribution < 1.29 is 14.2 Å². The van der Waals surface area contributed by atoms with Crippen molar-refractivity contribution in [3.63, 3.8) is 0 Å². The Morgan fingerprint density at radius 1 is 1.22 bits per heavy atom. The zero-order valence-corrected chi connectivity index (χ0v) is 11.7. The summed E-state index contributed by atoms with van der Waals surface area (Å²) in [5.41, 5.74) is 2.33. The van der Waals surface area contributed by atoms with E-state index in [9.17, 15) is 0 Å². The highest BCUT2D eigenvalue weighted by Crippen LogP contribution is 2.26. The predicted molar refractivity (Wildman–Crippen MR) is 72.2 cm³/mol. The van der Waals surface area contributed by atoms with Gasteiger partial charge in [0, 0.05) is 12.7 Å². The highest BCUT2D eigenvalue weighted by molar-refractivity contribution is 5.39. The second kappa shape index (κ2) is 8.08. The first-order valence-corrected chi connectivity index (χ1v) is 6.11. The van der Waals surface area contributed by atoms with Crippen LogP contribution in [0.2, 0.25) is 0 Å². The van der Waals surface area contributed by atoms with Gasteiger partial charge >= 0.3 is 0 Å². The summed E-state index contributed by atoms with van der Waals surface area (Å²) in [4.78, 5) is 0. The quantitative estimate of drug-likeness (QED) is 0.719. The van der Waals surface area contributed by atoms with Gasteiger partial charge in [0.1, 0.15) is 5.75 Å². The fraction of sp³-hybridized carbons (Fsp3) is 0.571. The number of hydrogen-bond donors (Lipinski definition) is 1. The Morgan fingerprint density at radius 3 is 2.61 bits per heavy atom. The number of aryl methyl sites for hydroxylation is 1. The Kier molecular flexibility index (Phi) is 6.72. The van der Waals surface area contributed by atoms with Gasteiger partial charge in [-0.05, 0) is 20.0 Å². The largest absolute Gasteiger partial charge is 0.496 e. The Labute approximate surface area is 109 Å². The number of benzene rings is 1. The molecule has 1 aromatic rings. The van der Waals surface area contributed by atoms with E-state index in [-0.39, 0.29) is 6.04 Å². The van der Waals surface area contributed by atoms with Crippen LogP contribution in [0.1, 0.15) is 17.2 Å². The summed E-state index contributed by atoms with van der Waals surface area (Å²) in [5, 5.41) is 3.25. The fourth-order valence-electron chi connectivity index (χ4n) is 1.80. The number of hydrogen-bond acceptors (Lipinski definition) is 4. The molecule has 1 N–H and O–H groups in total. The van der Waals surface area contributed by atoms with Gasteiger partial charge in [0.25, 0.3) is 0 Å². The van der Waals surface area contributed by atoms with Crippen LogP contribution < -0.4 is 10.1 Å². The molecule has 0 heterocycles. The normalized spacial score (nSPS) is 12.4. The molecule has 4 heteroatoms. The highest BCUT2D eigenvalue weighted by Gasteiger charge is 2.14. The van der Waals surface area contributed by atoms with Gasteiger partial charge in [-0.25, -0.2) is 0 Å². The van der Waals surface area contributed by atoms with Crippen LogP contribution in [0, 0.1) is 6.92 Å². The standard InChI is InChI=1S/C14H23NO3/c1-11-5-6-14(17-4)12(9-11)13(15-2)10-18-8-7-16-3/h5-6,9,13,15H,7-8,10H2,1-4H3. The number of methoxy groups -OCH3 is 2. The maximum absolute atomic E-state index is 5.58. The van der Waals surface area contributed by atoms with Crippen LogP contribution in [-0.4, -0.2) is 41.1 Å². The summed E-state index contributed by atoms with van der Waals surface area (Å²) in [6.07, 6.45) is 0. The summed E-state index contributed by atoms with van der Waals surface area (Å²) < 4.78 is 15.9. The van der Waals surface area contributed by atoms with Crippen molar-refractivity contribution in [3.05, 3.63) is 29.3 Å². The molecule has 0 aliphatic rings. The van der Waals surface area contributed by atoms with Crippen LogP contribution >= 0.6 is 0 Å². The molecule has 0 aromatic heterocycles. The van der Waals surface area contributed by atoms with Crippen LogP contribution in [0.15, 0.2) is 18.2 Å². The fourth-order valence-corrected chi connectivity index (χ4v) is 1.80. The van der Waals surface area contributed by atoms with Gasteiger partial charge in [-0.3, -0.25) is 0 Å². The molecule has 0 fully saturated rings. The third-order valence-electron chi connectivity index (χ3n) is 2.83.